The first-order valence-corrected chi connectivity index (χ1v) is 3.74. The zero-order valence-corrected chi connectivity index (χ0v) is 6.70. The Morgan fingerprint density at radius 1 is 1.42 bits per heavy atom. The second kappa shape index (κ2) is 2.46. The van der Waals surface area contributed by atoms with Crippen molar-refractivity contribution in [3.63, 3.8) is 0 Å². The summed E-state index contributed by atoms with van der Waals surface area (Å²) in [6.07, 6.45) is 7.45. The van der Waals surface area contributed by atoms with Gasteiger partial charge in [-0.1, -0.05) is 12.2 Å². The predicted molar refractivity (Wildman–Crippen MR) is 47.3 cm³/mol. The van der Waals surface area contributed by atoms with Gasteiger partial charge in [-0.2, -0.15) is 5.26 Å². The van der Waals surface area contributed by atoms with Crippen LogP contribution in [0.25, 0.3) is 0 Å². The monoisotopic (exact) mass is 155 g/mol. The lowest BCUT2D eigenvalue weighted by atomic mass is 9.94. The largest absolute Gasteiger partial charge is 0.255 e. The Morgan fingerprint density at radius 3 is 3.00 bits per heavy atom. The van der Waals surface area contributed by atoms with E-state index in [4.69, 9.17) is 5.26 Å². The minimum atomic E-state index is 0.653. The fourth-order valence-corrected chi connectivity index (χ4v) is 1.32. The van der Waals surface area contributed by atoms with Gasteiger partial charge in [0.2, 0.25) is 0 Å². The van der Waals surface area contributed by atoms with Crippen molar-refractivity contribution in [3.05, 3.63) is 41.5 Å². The van der Waals surface area contributed by atoms with E-state index in [-0.39, 0.29) is 0 Å². The first-order valence-electron chi connectivity index (χ1n) is 3.74. The van der Waals surface area contributed by atoms with E-state index in [9.17, 15) is 0 Å². The van der Waals surface area contributed by atoms with Gasteiger partial charge in [-0.25, -0.2) is 0 Å². The molecule has 0 saturated heterocycles. The molecule has 12 heavy (non-hydrogen) atoms. The average Bonchev–Trinajstić information content (AvgIpc) is 2.48. The van der Waals surface area contributed by atoms with Gasteiger partial charge in [0.05, 0.1) is 11.3 Å². The van der Waals surface area contributed by atoms with Gasteiger partial charge in [0.25, 0.3) is 0 Å². The zero-order valence-electron chi connectivity index (χ0n) is 6.70. The number of rotatable bonds is 0. The van der Waals surface area contributed by atoms with Crippen molar-refractivity contribution in [1.82, 2.24) is 0 Å². The highest BCUT2D eigenvalue weighted by atomic mass is 14.7. The van der Waals surface area contributed by atoms with E-state index in [1.165, 1.54) is 0 Å². The lowest BCUT2D eigenvalue weighted by Crippen LogP contribution is -2.06. The SMILES string of the molecule is CC1=CN=C2C(C#N)=C[CH]C=C12. The number of aliphatic imine (C=N–C) groups is 1. The van der Waals surface area contributed by atoms with Crippen LogP contribution in [0.2, 0.25) is 0 Å². The first kappa shape index (κ1) is 7.05. The second-order valence-electron chi connectivity index (χ2n) is 2.75. The molecule has 57 valence electrons. The van der Waals surface area contributed by atoms with E-state index in [1.54, 1.807) is 12.3 Å². The molecule has 0 amide bonds. The topological polar surface area (TPSA) is 36.1 Å². The minimum absolute atomic E-state index is 0.653. The van der Waals surface area contributed by atoms with Crippen LogP contribution >= 0.6 is 0 Å². The normalized spacial score (nSPS) is 20.0. The lowest BCUT2D eigenvalue weighted by molar-refractivity contribution is 1.44. The van der Waals surface area contributed by atoms with Crippen molar-refractivity contribution in [2.75, 3.05) is 0 Å². The van der Waals surface area contributed by atoms with Crippen molar-refractivity contribution < 1.29 is 0 Å². The van der Waals surface area contributed by atoms with Crippen LogP contribution in [0.15, 0.2) is 40.1 Å². The van der Waals surface area contributed by atoms with E-state index < -0.39 is 0 Å². The Bertz CT molecular complexity index is 387. The Kier molecular flexibility index (Phi) is 1.44. The fourth-order valence-electron chi connectivity index (χ4n) is 1.32. The van der Waals surface area contributed by atoms with Crippen LogP contribution in [0.5, 0.6) is 0 Å². The Balaban J connectivity index is 2.45. The molecule has 0 unspecified atom stereocenters. The quantitative estimate of drug-likeness (QED) is 0.526. The van der Waals surface area contributed by atoms with Crippen LogP contribution < -0.4 is 0 Å². The van der Waals surface area contributed by atoms with Crippen molar-refractivity contribution in [2.24, 2.45) is 4.99 Å². The van der Waals surface area contributed by atoms with E-state index >= 15 is 0 Å². The molecule has 1 heterocycles. The smallest absolute Gasteiger partial charge is 0.101 e. The van der Waals surface area contributed by atoms with Crippen LogP contribution in [-0.4, -0.2) is 5.71 Å². The molecule has 0 aromatic carbocycles. The highest BCUT2D eigenvalue weighted by molar-refractivity contribution is 6.20. The molecule has 1 aliphatic heterocycles. The number of allylic oxidation sites excluding steroid dienone is 5. The summed E-state index contributed by atoms with van der Waals surface area (Å²) in [7, 11) is 0. The Hall–Kier alpha value is -1.62. The number of fused-ring (bicyclic) bond motifs is 1. The number of hydrogen-bond acceptors (Lipinski definition) is 2. The van der Waals surface area contributed by atoms with E-state index in [0.29, 0.717) is 5.57 Å². The van der Waals surface area contributed by atoms with Gasteiger partial charge in [0.15, 0.2) is 0 Å². The summed E-state index contributed by atoms with van der Waals surface area (Å²) in [6.45, 7) is 2.00. The first-order chi connectivity index (χ1) is 5.83. The molecular weight excluding hydrogens is 148 g/mol. The molecule has 2 rings (SSSR count). The maximum absolute atomic E-state index is 8.75. The van der Waals surface area contributed by atoms with Gasteiger partial charge in [0, 0.05) is 18.2 Å². The van der Waals surface area contributed by atoms with E-state index in [0.717, 1.165) is 16.9 Å². The third-order valence-corrected chi connectivity index (χ3v) is 1.97. The van der Waals surface area contributed by atoms with Gasteiger partial charge in [-0.3, -0.25) is 4.99 Å². The lowest BCUT2D eigenvalue weighted by Gasteiger charge is -2.07. The molecule has 0 saturated carbocycles. The van der Waals surface area contributed by atoms with Crippen molar-refractivity contribution >= 4 is 5.71 Å². The van der Waals surface area contributed by atoms with Crippen molar-refractivity contribution in [2.45, 2.75) is 6.92 Å². The van der Waals surface area contributed by atoms with Crippen molar-refractivity contribution in [1.29, 1.82) is 5.26 Å². The predicted octanol–water partition coefficient (Wildman–Crippen LogP) is 1.94. The van der Waals surface area contributed by atoms with Crippen molar-refractivity contribution in [3.8, 4) is 6.07 Å². The summed E-state index contributed by atoms with van der Waals surface area (Å²) < 4.78 is 0. The summed E-state index contributed by atoms with van der Waals surface area (Å²) >= 11 is 0. The molecule has 1 radical (unpaired) electrons. The molecule has 2 aliphatic rings. The summed E-state index contributed by atoms with van der Waals surface area (Å²) in [4.78, 5) is 4.17. The molecule has 0 fully saturated rings. The summed E-state index contributed by atoms with van der Waals surface area (Å²) in [5.74, 6) is 0. The molecular formula is C10H7N2. The Labute approximate surface area is 71.2 Å². The molecule has 0 atom stereocenters. The van der Waals surface area contributed by atoms with E-state index in [2.05, 4.69) is 11.1 Å². The van der Waals surface area contributed by atoms with Gasteiger partial charge in [-0.05, 0) is 12.5 Å². The molecule has 2 nitrogen and oxygen atoms in total. The molecule has 0 aromatic heterocycles. The van der Waals surface area contributed by atoms with Crippen LogP contribution in [-0.2, 0) is 0 Å². The molecule has 0 spiro atoms. The maximum atomic E-state index is 8.75. The molecule has 1 aliphatic carbocycles. The molecule has 0 aromatic rings. The number of nitrogens with zero attached hydrogens (tertiary/aromatic N) is 2. The van der Waals surface area contributed by atoms with E-state index in [1.807, 2.05) is 19.4 Å². The van der Waals surface area contributed by atoms with Crippen LogP contribution in [0.3, 0.4) is 0 Å². The Morgan fingerprint density at radius 2 is 2.25 bits per heavy atom. The van der Waals surface area contributed by atoms with Crippen LogP contribution in [0, 0.1) is 17.8 Å². The number of hydrogen-bond donors (Lipinski definition) is 0. The highest BCUT2D eigenvalue weighted by Gasteiger charge is 2.20. The van der Waals surface area contributed by atoms with Gasteiger partial charge >= 0.3 is 0 Å². The van der Waals surface area contributed by atoms with Gasteiger partial charge in [0.1, 0.15) is 6.07 Å². The average molecular weight is 155 g/mol. The third kappa shape index (κ3) is 0.835. The minimum Gasteiger partial charge on any atom is -0.255 e. The van der Waals surface area contributed by atoms with Crippen LogP contribution in [0.1, 0.15) is 6.92 Å². The van der Waals surface area contributed by atoms with Gasteiger partial charge < -0.3 is 0 Å². The molecule has 2 heteroatoms. The zero-order chi connectivity index (χ0) is 8.55. The molecule has 0 bridgehead atoms. The highest BCUT2D eigenvalue weighted by Crippen LogP contribution is 2.26. The summed E-state index contributed by atoms with van der Waals surface area (Å²) in [5, 5.41) is 8.75. The third-order valence-electron chi connectivity index (χ3n) is 1.97. The second-order valence-corrected chi connectivity index (χ2v) is 2.75. The maximum Gasteiger partial charge on any atom is 0.101 e. The fraction of sp³-hybridized carbons (Fsp3) is 0.100. The van der Waals surface area contributed by atoms with Gasteiger partial charge in [-0.15, -0.1) is 0 Å². The summed E-state index contributed by atoms with van der Waals surface area (Å²) in [6, 6.07) is 2.12. The summed E-state index contributed by atoms with van der Waals surface area (Å²) in [5.41, 5.74) is 3.68. The number of nitriles is 1. The van der Waals surface area contributed by atoms with Crippen LogP contribution in [0.4, 0.5) is 0 Å². The standard InChI is InChI=1S/C10H7N2/c1-7-6-12-10-8(5-11)3-2-4-9(7)10/h2-4,6H,1H3. The molecule has 0 N–H and O–H groups in total.